The van der Waals surface area contributed by atoms with Crippen LogP contribution >= 0.6 is 23.1 Å². The molecule has 156 valence electrons. The van der Waals surface area contributed by atoms with E-state index in [2.05, 4.69) is 20.8 Å². The second-order valence-electron chi connectivity index (χ2n) is 6.54. The number of carbonyl (C=O) groups is 2. The average Bonchev–Trinajstić information content (AvgIpc) is 3.42. The first-order valence-electron chi connectivity index (χ1n) is 9.46. The van der Waals surface area contributed by atoms with Gasteiger partial charge in [0.15, 0.2) is 0 Å². The topological polar surface area (TPSA) is 125 Å². The first-order chi connectivity index (χ1) is 14.6. The zero-order valence-corrected chi connectivity index (χ0v) is 17.9. The number of thiophene rings is 1. The first-order valence-corrected chi connectivity index (χ1v) is 11.3. The number of nitrogens with two attached hydrogens (primary N) is 1. The van der Waals surface area contributed by atoms with Crippen molar-refractivity contribution in [2.75, 3.05) is 17.7 Å². The van der Waals surface area contributed by atoms with Crippen LogP contribution in [0.2, 0.25) is 0 Å². The van der Waals surface area contributed by atoms with Crippen LogP contribution in [0, 0.1) is 0 Å². The molecule has 1 aliphatic rings. The molecule has 3 N–H and O–H groups in total. The van der Waals surface area contributed by atoms with E-state index in [1.165, 1.54) is 27.8 Å². The molecule has 30 heavy (non-hydrogen) atoms. The molecular weight excluding hydrogens is 424 g/mol. The number of para-hydroxylation sites is 2. The molecule has 0 spiro atoms. The van der Waals surface area contributed by atoms with Gasteiger partial charge in [0.2, 0.25) is 11.1 Å². The van der Waals surface area contributed by atoms with Crippen molar-refractivity contribution in [3.05, 3.63) is 40.3 Å². The summed E-state index contributed by atoms with van der Waals surface area (Å²) in [6, 6.07) is 7.41. The van der Waals surface area contributed by atoms with Crippen molar-refractivity contribution in [3.8, 4) is 11.4 Å². The van der Waals surface area contributed by atoms with Gasteiger partial charge in [0, 0.05) is 4.88 Å². The number of aryl methyl sites for hydroxylation is 1. The Balaban J connectivity index is 1.47. The number of amides is 2. The number of ether oxygens (including phenoxy) is 1. The molecule has 2 heterocycles. The Hall–Kier alpha value is -2.92. The fraction of sp³-hybridized carbons (Fsp3) is 0.316. The summed E-state index contributed by atoms with van der Waals surface area (Å²) in [6.45, 7) is 2.41. The van der Waals surface area contributed by atoms with Crippen molar-refractivity contribution in [2.45, 2.75) is 31.3 Å². The number of fused-ring (bicyclic) bond motifs is 1. The van der Waals surface area contributed by atoms with Crippen LogP contribution in [0.5, 0.6) is 5.75 Å². The van der Waals surface area contributed by atoms with Crippen LogP contribution in [0.4, 0.5) is 5.00 Å². The number of carbonyl (C=O) groups excluding carboxylic acids is 2. The van der Waals surface area contributed by atoms with Gasteiger partial charge in [-0.25, -0.2) is 0 Å². The van der Waals surface area contributed by atoms with Crippen LogP contribution in [0.15, 0.2) is 29.4 Å². The van der Waals surface area contributed by atoms with Crippen LogP contribution in [-0.4, -0.2) is 44.4 Å². The minimum Gasteiger partial charge on any atom is -0.492 e. The largest absolute Gasteiger partial charge is 0.492 e. The van der Waals surface area contributed by atoms with Crippen LogP contribution in [0.1, 0.15) is 34.1 Å². The molecule has 0 bridgehead atoms. The Kier molecular flexibility index (Phi) is 6.00. The number of thioether (sulfide) groups is 1. The summed E-state index contributed by atoms with van der Waals surface area (Å²) in [6.07, 6.45) is 2.75. The maximum atomic E-state index is 12.5. The smallest absolute Gasteiger partial charge is 0.251 e. The summed E-state index contributed by atoms with van der Waals surface area (Å²) in [5.74, 6) is -0.0282. The zero-order valence-electron chi connectivity index (χ0n) is 16.3. The highest BCUT2D eigenvalue weighted by Crippen LogP contribution is 2.39. The average molecular weight is 445 g/mol. The van der Waals surface area contributed by atoms with E-state index in [0.717, 1.165) is 29.7 Å². The molecule has 0 atom stereocenters. The molecule has 0 unspecified atom stereocenters. The van der Waals surface area contributed by atoms with Crippen molar-refractivity contribution in [2.24, 2.45) is 5.73 Å². The number of benzene rings is 1. The number of nitrogens with one attached hydrogen (secondary N) is 1. The molecule has 4 rings (SSSR count). The van der Waals surface area contributed by atoms with E-state index in [1.807, 2.05) is 31.2 Å². The highest BCUT2D eigenvalue weighted by Gasteiger charge is 2.26. The Bertz CT molecular complexity index is 1090. The highest BCUT2D eigenvalue weighted by atomic mass is 32.2. The third-order valence-electron chi connectivity index (χ3n) is 4.59. The number of nitrogens with zero attached hydrogens (tertiary/aromatic N) is 4. The van der Waals surface area contributed by atoms with Gasteiger partial charge in [-0.2, -0.15) is 4.68 Å². The van der Waals surface area contributed by atoms with Gasteiger partial charge in [-0.1, -0.05) is 23.9 Å². The summed E-state index contributed by atoms with van der Waals surface area (Å²) >= 11 is 2.63. The predicted octanol–water partition coefficient (Wildman–Crippen LogP) is 2.44. The number of hydrogen-bond acceptors (Lipinski definition) is 8. The lowest BCUT2D eigenvalue weighted by atomic mass is 10.1. The third-order valence-corrected chi connectivity index (χ3v) is 6.71. The number of hydrogen-bond donors (Lipinski definition) is 2. The van der Waals surface area contributed by atoms with Crippen molar-refractivity contribution >= 4 is 39.9 Å². The Morgan fingerprint density at radius 2 is 2.17 bits per heavy atom. The van der Waals surface area contributed by atoms with Gasteiger partial charge >= 0.3 is 0 Å². The van der Waals surface area contributed by atoms with Gasteiger partial charge in [-0.05, 0) is 54.3 Å². The Labute approximate surface area is 181 Å². The number of primary amides is 1. The predicted molar refractivity (Wildman–Crippen MR) is 115 cm³/mol. The maximum Gasteiger partial charge on any atom is 0.251 e. The summed E-state index contributed by atoms with van der Waals surface area (Å²) in [4.78, 5) is 25.6. The van der Waals surface area contributed by atoms with Gasteiger partial charge in [0.1, 0.15) is 16.4 Å². The lowest BCUT2D eigenvalue weighted by molar-refractivity contribution is -0.113. The molecule has 2 amide bonds. The molecule has 9 nitrogen and oxygen atoms in total. The van der Waals surface area contributed by atoms with Gasteiger partial charge in [0.05, 0.1) is 17.9 Å². The fourth-order valence-electron chi connectivity index (χ4n) is 3.38. The van der Waals surface area contributed by atoms with Gasteiger partial charge < -0.3 is 15.8 Å². The fourth-order valence-corrected chi connectivity index (χ4v) is 5.37. The molecule has 2 aromatic heterocycles. The second-order valence-corrected chi connectivity index (χ2v) is 8.58. The monoisotopic (exact) mass is 444 g/mol. The molecule has 0 saturated heterocycles. The Morgan fingerprint density at radius 1 is 1.33 bits per heavy atom. The zero-order chi connectivity index (χ0) is 21.1. The van der Waals surface area contributed by atoms with Gasteiger partial charge in [-0.15, -0.1) is 16.4 Å². The van der Waals surface area contributed by atoms with Gasteiger partial charge in [0.25, 0.3) is 5.91 Å². The molecular formula is C19H20N6O3S2. The minimum atomic E-state index is -0.506. The van der Waals surface area contributed by atoms with Crippen molar-refractivity contribution < 1.29 is 14.3 Å². The van der Waals surface area contributed by atoms with E-state index in [1.54, 1.807) is 0 Å². The first kappa shape index (κ1) is 20.4. The minimum absolute atomic E-state index is 0.0813. The summed E-state index contributed by atoms with van der Waals surface area (Å²) in [7, 11) is 0. The number of rotatable bonds is 8. The molecule has 0 radical (unpaired) electrons. The molecule has 1 aliphatic carbocycles. The number of anilines is 1. The van der Waals surface area contributed by atoms with E-state index in [4.69, 9.17) is 10.5 Å². The van der Waals surface area contributed by atoms with E-state index in [9.17, 15) is 9.59 Å². The lowest BCUT2D eigenvalue weighted by Crippen LogP contribution is -2.19. The second kappa shape index (κ2) is 8.84. The third kappa shape index (κ3) is 4.03. The van der Waals surface area contributed by atoms with Crippen molar-refractivity contribution in [3.63, 3.8) is 0 Å². The standard InChI is InChI=1S/C19H20N6O3S2/c1-2-28-13-8-4-3-7-12(13)25-19(22-23-24-25)29-10-15(26)21-18-16(17(20)27)11-6-5-9-14(11)30-18/h3-4,7-8H,2,5-6,9-10H2,1H3,(H2,20,27)(H,21,26). The molecule has 0 aliphatic heterocycles. The molecule has 0 fully saturated rings. The van der Waals surface area contributed by atoms with Crippen LogP contribution in [-0.2, 0) is 17.6 Å². The van der Waals surface area contributed by atoms with Crippen LogP contribution < -0.4 is 15.8 Å². The lowest BCUT2D eigenvalue weighted by Gasteiger charge is -2.10. The van der Waals surface area contributed by atoms with Crippen molar-refractivity contribution in [1.29, 1.82) is 0 Å². The molecule has 3 aromatic rings. The van der Waals surface area contributed by atoms with E-state index in [0.29, 0.717) is 33.8 Å². The van der Waals surface area contributed by atoms with Crippen LogP contribution in [0.25, 0.3) is 5.69 Å². The maximum absolute atomic E-state index is 12.5. The number of aromatic nitrogens is 4. The highest BCUT2D eigenvalue weighted by molar-refractivity contribution is 7.99. The number of tetrazole rings is 1. The van der Waals surface area contributed by atoms with Crippen molar-refractivity contribution in [1.82, 2.24) is 20.2 Å². The summed E-state index contributed by atoms with van der Waals surface area (Å²) in [5.41, 5.74) is 7.67. The van der Waals surface area contributed by atoms with E-state index >= 15 is 0 Å². The normalized spacial score (nSPS) is 12.6. The quantitative estimate of drug-likeness (QED) is 0.511. The van der Waals surface area contributed by atoms with E-state index in [-0.39, 0.29) is 11.7 Å². The summed E-state index contributed by atoms with van der Waals surface area (Å²) in [5, 5.41) is 15.6. The van der Waals surface area contributed by atoms with Gasteiger partial charge in [-0.3, -0.25) is 9.59 Å². The Morgan fingerprint density at radius 3 is 2.97 bits per heavy atom. The van der Waals surface area contributed by atoms with Crippen LogP contribution in [0.3, 0.4) is 0 Å². The molecule has 0 saturated carbocycles. The molecule has 11 heteroatoms. The van der Waals surface area contributed by atoms with E-state index < -0.39 is 5.91 Å². The summed E-state index contributed by atoms with van der Waals surface area (Å²) < 4.78 is 7.18. The molecule has 1 aromatic carbocycles. The SMILES string of the molecule is CCOc1ccccc1-n1nnnc1SCC(=O)Nc1sc2c(c1C(N)=O)CCC2.